The van der Waals surface area contributed by atoms with Crippen LogP contribution in [0.25, 0.3) is 0 Å². The van der Waals surface area contributed by atoms with Crippen molar-refractivity contribution >= 4 is 12.0 Å². The first-order chi connectivity index (χ1) is 9.08. The number of primary amides is 1. The highest BCUT2D eigenvalue weighted by atomic mass is 16.6. The summed E-state index contributed by atoms with van der Waals surface area (Å²) in [6.45, 7) is 2.76. The Morgan fingerprint density at radius 3 is 2.68 bits per heavy atom. The van der Waals surface area contributed by atoms with Crippen molar-refractivity contribution in [2.24, 2.45) is 11.7 Å². The number of nitrogens with zero attached hydrogens (tertiary/aromatic N) is 2. The Morgan fingerprint density at radius 1 is 1.42 bits per heavy atom. The average Bonchev–Trinajstić information content (AvgIpc) is 2.41. The van der Waals surface area contributed by atoms with Crippen LogP contribution >= 0.6 is 0 Å². The Hall–Kier alpha value is -2.11. The lowest BCUT2D eigenvalue weighted by atomic mass is 9.97. The molecule has 0 saturated carbocycles. The lowest BCUT2D eigenvalue weighted by Gasteiger charge is -2.29. The van der Waals surface area contributed by atoms with E-state index in [9.17, 15) is 9.59 Å². The SMILES string of the molecule is Cc1ncccc1OC(=O)N1CCC(C(N)=O)CC1. The van der Waals surface area contributed by atoms with E-state index in [0.29, 0.717) is 37.4 Å². The van der Waals surface area contributed by atoms with Crippen LogP contribution < -0.4 is 10.5 Å². The lowest BCUT2D eigenvalue weighted by Crippen LogP contribution is -2.43. The molecule has 1 fully saturated rings. The van der Waals surface area contributed by atoms with Crippen LogP contribution in [0.4, 0.5) is 4.79 Å². The van der Waals surface area contributed by atoms with Crippen LogP contribution in [0.5, 0.6) is 5.75 Å². The summed E-state index contributed by atoms with van der Waals surface area (Å²) in [5, 5.41) is 0. The van der Waals surface area contributed by atoms with E-state index in [0.717, 1.165) is 0 Å². The van der Waals surface area contributed by atoms with Gasteiger partial charge in [-0.05, 0) is 31.9 Å². The third-order valence-electron chi connectivity index (χ3n) is 3.31. The first-order valence-electron chi connectivity index (χ1n) is 6.25. The van der Waals surface area contributed by atoms with Gasteiger partial charge < -0.3 is 15.4 Å². The molecule has 2 N–H and O–H groups in total. The number of nitrogens with two attached hydrogens (primary N) is 1. The second-order valence-electron chi connectivity index (χ2n) is 4.62. The number of hydrogen-bond acceptors (Lipinski definition) is 4. The molecule has 6 heteroatoms. The van der Waals surface area contributed by atoms with Gasteiger partial charge in [0.25, 0.3) is 0 Å². The number of amides is 2. The molecule has 1 aliphatic heterocycles. The van der Waals surface area contributed by atoms with Crippen molar-refractivity contribution in [1.29, 1.82) is 0 Å². The van der Waals surface area contributed by atoms with Gasteiger partial charge >= 0.3 is 6.09 Å². The average molecular weight is 263 g/mol. The summed E-state index contributed by atoms with van der Waals surface area (Å²) in [6.07, 6.45) is 2.43. The van der Waals surface area contributed by atoms with E-state index in [1.54, 1.807) is 30.2 Å². The molecule has 0 aliphatic carbocycles. The fourth-order valence-corrected chi connectivity index (χ4v) is 2.08. The molecule has 0 atom stereocenters. The number of carbonyl (C=O) groups is 2. The predicted octanol–water partition coefficient (Wildman–Crippen LogP) is 1.09. The van der Waals surface area contributed by atoms with Crippen molar-refractivity contribution < 1.29 is 14.3 Å². The minimum atomic E-state index is -0.404. The monoisotopic (exact) mass is 263 g/mol. The first-order valence-corrected chi connectivity index (χ1v) is 6.25. The van der Waals surface area contributed by atoms with Crippen molar-refractivity contribution in [3.05, 3.63) is 24.0 Å². The highest BCUT2D eigenvalue weighted by Crippen LogP contribution is 2.19. The Morgan fingerprint density at radius 2 is 2.11 bits per heavy atom. The third-order valence-corrected chi connectivity index (χ3v) is 3.31. The molecule has 1 aliphatic rings. The summed E-state index contributed by atoms with van der Waals surface area (Å²) in [5.74, 6) is 0.0322. The van der Waals surface area contributed by atoms with Crippen LogP contribution in [0.15, 0.2) is 18.3 Å². The highest BCUT2D eigenvalue weighted by molar-refractivity contribution is 5.77. The minimum Gasteiger partial charge on any atom is -0.408 e. The topological polar surface area (TPSA) is 85.5 Å². The summed E-state index contributed by atoms with van der Waals surface area (Å²) in [6, 6.07) is 3.42. The van der Waals surface area contributed by atoms with Gasteiger partial charge in [-0.2, -0.15) is 0 Å². The molecule has 0 bridgehead atoms. The largest absolute Gasteiger partial charge is 0.415 e. The normalized spacial score (nSPS) is 16.2. The second kappa shape index (κ2) is 5.69. The zero-order valence-corrected chi connectivity index (χ0v) is 10.8. The van der Waals surface area contributed by atoms with Crippen molar-refractivity contribution in [2.75, 3.05) is 13.1 Å². The van der Waals surface area contributed by atoms with Crippen molar-refractivity contribution in [3.8, 4) is 5.75 Å². The van der Waals surface area contributed by atoms with E-state index in [2.05, 4.69) is 4.98 Å². The molecular weight excluding hydrogens is 246 g/mol. The standard InChI is InChI=1S/C13H17N3O3/c1-9-11(3-2-6-15-9)19-13(18)16-7-4-10(5-8-16)12(14)17/h2-3,6,10H,4-5,7-8H2,1H3,(H2,14,17). The van der Waals surface area contributed by atoms with Gasteiger partial charge in [0.2, 0.25) is 5.91 Å². The zero-order valence-electron chi connectivity index (χ0n) is 10.8. The molecule has 1 aromatic rings. The van der Waals surface area contributed by atoms with Crippen LogP contribution in [0.1, 0.15) is 18.5 Å². The quantitative estimate of drug-likeness (QED) is 0.865. The Kier molecular flexibility index (Phi) is 3.99. The van der Waals surface area contributed by atoms with Crippen LogP contribution in [0, 0.1) is 12.8 Å². The van der Waals surface area contributed by atoms with E-state index in [4.69, 9.17) is 10.5 Å². The van der Waals surface area contributed by atoms with Crippen molar-refractivity contribution in [1.82, 2.24) is 9.88 Å². The van der Waals surface area contributed by atoms with Gasteiger partial charge in [-0.15, -0.1) is 0 Å². The molecule has 2 amide bonds. The fourth-order valence-electron chi connectivity index (χ4n) is 2.08. The number of likely N-dealkylation sites (tertiary alicyclic amines) is 1. The molecule has 2 heterocycles. The van der Waals surface area contributed by atoms with Gasteiger partial charge in [0.15, 0.2) is 5.75 Å². The van der Waals surface area contributed by atoms with Gasteiger partial charge in [0, 0.05) is 25.2 Å². The molecule has 0 radical (unpaired) electrons. The number of aromatic nitrogens is 1. The molecule has 102 valence electrons. The smallest absolute Gasteiger partial charge is 0.408 e. The summed E-state index contributed by atoms with van der Waals surface area (Å²) >= 11 is 0. The van der Waals surface area contributed by atoms with E-state index in [1.165, 1.54) is 0 Å². The van der Waals surface area contributed by atoms with Gasteiger partial charge in [0.05, 0.1) is 5.69 Å². The zero-order chi connectivity index (χ0) is 13.8. The van der Waals surface area contributed by atoms with Gasteiger partial charge in [-0.25, -0.2) is 4.79 Å². The molecule has 19 heavy (non-hydrogen) atoms. The summed E-state index contributed by atoms with van der Waals surface area (Å²) in [7, 11) is 0. The molecule has 0 unspecified atom stereocenters. The van der Waals surface area contributed by atoms with Crippen LogP contribution in [0.3, 0.4) is 0 Å². The number of piperidine rings is 1. The molecule has 0 spiro atoms. The summed E-state index contributed by atoms with van der Waals surface area (Å²) in [5.41, 5.74) is 5.92. The Balaban J connectivity index is 1.92. The molecular formula is C13H17N3O3. The van der Waals surface area contributed by atoms with E-state index in [-0.39, 0.29) is 11.8 Å². The lowest BCUT2D eigenvalue weighted by molar-refractivity contribution is -0.123. The second-order valence-corrected chi connectivity index (χ2v) is 4.62. The molecule has 6 nitrogen and oxygen atoms in total. The van der Waals surface area contributed by atoms with E-state index < -0.39 is 6.09 Å². The predicted molar refractivity (Wildman–Crippen MR) is 68.5 cm³/mol. The van der Waals surface area contributed by atoms with E-state index in [1.807, 2.05) is 0 Å². The number of rotatable bonds is 2. The van der Waals surface area contributed by atoms with Gasteiger partial charge in [-0.1, -0.05) is 0 Å². The molecule has 1 aromatic heterocycles. The Labute approximate surface area is 111 Å². The minimum absolute atomic E-state index is 0.135. The maximum atomic E-state index is 12.0. The number of hydrogen-bond donors (Lipinski definition) is 1. The molecule has 2 rings (SSSR count). The number of carbonyl (C=O) groups excluding carboxylic acids is 2. The molecule has 0 aromatic carbocycles. The summed E-state index contributed by atoms with van der Waals surface area (Å²) < 4.78 is 5.29. The maximum absolute atomic E-state index is 12.0. The first kappa shape index (κ1) is 13.3. The highest BCUT2D eigenvalue weighted by Gasteiger charge is 2.27. The van der Waals surface area contributed by atoms with Crippen LogP contribution in [-0.4, -0.2) is 35.0 Å². The van der Waals surface area contributed by atoms with E-state index >= 15 is 0 Å². The number of ether oxygens (including phenoxy) is 1. The van der Waals surface area contributed by atoms with Crippen LogP contribution in [0.2, 0.25) is 0 Å². The number of aryl methyl sites for hydroxylation is 1. The molecule has 1 saturated heterocycles. The van der Waals surface area contributed by atoms with Crippen molar-refractivity contribution in [2.45, 2.75) is 19.8 Å². The van der Waals surface area contributed by atoms with Crippen LogP contribution in [-0.2, 0) is 4.79 Å². The van der Waals surface area contributed by atoms with Crippen molar-refractivity contribution in [3.63, 3.8) is 0 Å². The van der Waals surface area contributed by atoms with Gasteiger partial charge in [-0.3, -0.25) is 9.78 Å². The fraction of sp³-hybridized carbons (Fsp3) is 0.462. The Bertz CT molecular complexity index is 482. The summed E-state index contributed by atoms with van der Waals surface area (Å²) in [4.78, 5) is 28.6. The maximum Gasteiger partial charge on any atom is 0.415 e. The third kappa shape index (κ3) is 3.21. The number of pyridine rings is 1. The van der Waals surface area contributed by atoms with Gasteiger partial charge in [0.1, 0.15) is 0 Å².